The highest BCUT2D eigenvalue weighted by Crippen LogP contribution is 2.49. The molecule has 0 radical (unpaired) electrons. The van der Waals surface area contributed by atoms with Gasteiger partial charge in [0.25, 0.3) is 0 Å². The van der Waals surface area contributed by atoms with Gasteiger partial charge < -0.3 is 0 Å². The third-order valence-electron chi connectivity index (χ3n) is 6.45. The summed E-state index contributed by atoms with van der Waals surface area (Å²) >= 11 is 1.77. The minimum atomic E-state index is -0.298. The molecule has 2 aliphatic carbocycles. The molecule has 3 aromatic rings. The topological polar surface area (TPSA) is 41.8 Å². The SMILES string of the molecule is CC(C)(C)C1=C/C2=C(\N=Nc3ccccc3)c3sc4ccccc4c3CC(C)(C)C(=C2)C1=O. The van der Waals surface area contributed by atoms with E-state index in [9.17, 15) is 4.79 Å². The predicted molar refractivity (Wildman–Crippen MR) is 138 cm³/mol. The molecule has 2 bridgehead atoms. The number of hydrogen-bond donors (Lipinski definition) is 0. The Kier molecular flexibility index (Phi) is 5.09. The molecule has 0 amide bonds. The number of Topliss-reactive ketones (excluding diaryl/α,β-unsaturated/α-hetero) is 1. The van der Waals surface area contributed by atoms with Gasteiger partial charge in [0.05, 0.1) is 10.6 Å². The third-order valence-corrected chi connectivity index (χ3v) is 7.67. The average Bonchev–Trinajstić information content (AvgIpc) is 3.11. The molecule has 0 spiro atoms. The Balaban J connectivity index is 1.84. The first kappa shape index (κ1) is 21.7. The monoisotopic (exact) mass is 452 g/mol. The van der Waals surface area contributed by atoms with Gasteiger partial charge in [-0.3, -0.25) is 4.79 Å². The molecule has 0 fully saturated rings. The van der Waals surface area contributed by atoms with Crippen LogP contribution in [0.25, 0.3) is 15.8 Å². The molecule has 4 heteroatoms. The van der Waals surface area contributed by atoms with E-state index in [1.807, 2.05) is 36.4 Å². The van der Waals surface area contributed by atoms with Crippen molar-refractivity contribution in [2.75, 3.05) is 0 Å². The van der Waals surface area contributed by atoms with Gasteiger partial charge in [-0.2, -0.15) is 5.11 Å². The van der Waals surface area contributed by atoms with E-state index >= 15 is 0 Å². The van der Waals surface area contributed by atoms with E-state index in [4.69, 9.17) is 5.11 Å². The maximum absolute atomic E-state index is 13.7. The van der Waals surface area contributed by atoms with Crippen molar-refractivity contribution in [1.82, 2.24) is 0 Å². The predicted octanol–water partition coefficient (Wildman–Crippen LogP) is 8.46. The summed E-state index contributed by atoms with van der Waals surface area (Å²) in [6.07, 6.45) is 4.88. The van der Waals surface area contributed by atoms with Crippen molar-refractivity contribution in [2.45, 2.75) is 41.0 Å². The van der Waals surface area contributed by atoms with Crippen molar-refractivity contribution >= 4 is 38.6 Å². The maximum atomic E-state index is 13.7. The highest BCUT2D eigenvalue weighted by molar-refractivity contribution is 7.20. The van der Waals surface area contributed by atoms with Crippen molar-refractivity contribution in [3.63, 3.8) is 0 Å². The molecule has 1 aromatic heterocycles. The number of azo groups is 1. The molecule has 0 unspecified atom stereocenters. The van der Waals surface area contributed by atoms with Crippen LogP contribution in [0.1, 0.15) is 45.1 Å². The van der Waals surface area contributed by atoms with Gasteiger partial charge in [0.2, 0.25) is 0 Å². The standard InChI is InChI=1S/C29H28N2OS/c1-28(2,3)22-15-18-16-23(26(22)32)29(4,5)17-21-20-13-9-10-14-24(20)33-27(21)25(18)31-30-19-11-7-6-8-12-19/h6-16H,17H2,1-5H3/b25-18+,31-30?. The number of nitrogens with zero attached hydrogens (tertiary/aromatic N) is 2. The number of rotatable bonds is 2. The lowest BCUT2D eigenvalue weighted by Gasteiger charge is -2.35. The zero-order valence-corrected chi connectivity index (χ0v) is 20.6. The van der Waals surface area contributed by atoms with E-state index < -0.39 is 0 Å². The van der Waals surface area contributed by atoms with E-state index in [1.165, 1.54) is 15.6 Å². The summed E-state index contributed by atoms with van der Waals surface area (Å²) in [5.41, 5.74) is 5.01. The van der Waals surface area contributed by atoms with Crippen LogP contribution >= 0.6 is 11.3 Å². The van der Waals surface area contributed by atoms with Gasteiger partial charge in [-0.15, -0.1) is 16.5 Å². The minimum Gasteiger partial charge on any atom is -0.289 e. The van der Waals surface area contributed by atoms with E-state index in [1.54, 1.807) is 11.3 Å². The van der Waals surface area contributed by atoms with Gasteiger partial charge in [-0.1, -0.05) is 71.0 Å². The highest BCUT2D eigenvalue weighted by atomic mass is 32.1. The lowest BCUT2D eigenvalue weighted by Crippen LogP contribution is -2.31. The summed E-state index contributed by atoms with van der Waals surface area (Å²) in [6.45, 7) is 10.7. The quantitative estimate of drug-likeness (QED) is 0.360. The molecule has 2 aliphatic rings. The van der Waals surface area contributed by atoms with E-state index in [-0.39, 0.29) is 16.6 Å². The number of allylic oxidation sites excluding steroid dienone is 5. The fourth-order valence-electron chi connectivity index (χ4n) is 4.66. The summed E-state index contributed by atoms with van der Waals surface area (Å²) in [4.78, 5) is 14.8. The lowest BCUT2D eigenvalue weighted by molar-refractivity contribution is -0.114. The smallest absolute Gasteiger partial charge is 0.186 e. The average molecular weight is 453 g/mol. The minimum absolute atomic E-state index is 0.151. The van der Waals surface area contributed by atoms with Crippen LogP contribution in [0.4, 0.5) is 5.69 Å². The first-order chi connectivity index (χ1) is 15.6. The van der Waals surface area contributed by atoms with Gasteiger partial charge in [-0.05, 0) is 58.6 Å². The molecule has 2 aromatic carbocycles. The van der Waals surface area contributed by atoms with Crippen LogP contribution in [0.15, 0.2) is 93.7 Å². The van der Waals surface area contributed by atoms with Crippen LogP contribution in [0.3, 0.4) is 0 Å². The first-order valence-electron chi connectivity index (χ1n) is 11.4. The number of fused-ring (bicyclic) bond motifs is 4. The van der Waals surface area contributed by atoms with E-state index in [0.29, 0.717) is 0 Å². The zero-order chi connectivity index (χ0) is 23.4. The molecule has 0 aliphatic heterocycles. The van der Waals surface area contributed by atoms with Crippen molar-refractivity contribution in [3.05, 3.63) is 93.9 Å². The van der Waals surface area contributed by atoms with Crippen LogP contribution in [0, 0.1) is 10.8 Å². The molecule has 3 nitrogen and oxygen atoms in total. The Bertz CT molecular complexity index is 1390. The summed E-state index contributed by atoms with van der Waals surface area (Å²) in [5, 5.41) is 10.6. The number of hydrogen-bond acceptors (Lipinski definition) is 4. The van der Waals surface area contributed by atoms with Gasteiger partial charge in [0.15, 0.2) is 5.78 Å². The van der Waals surface area contributed by atoms with Crippen molar-refractivity contribution in [1.29, 1.82) is 0 Å². The fourth-order valence-corrected chi connectivity index (χ4v) is 5.89. The Morgan fingerprint density at radius 1 is 0.909 bits per heavy atom. The highest BCUT2D eigenvalue weighted by Gasteiger charge is 2.39. The Morgan fingerprint density at radius 2 is 1.61 bits per heavy atom. The molecule has 0 atom stereocenters. The summed E-state index contributed by atoms with van der Waals surface area (Å²) in [7, 11) is 0. The Morgan fingerprint density at radius 3 is 2.33 bits per heavy atom. The van der Waals surface area contributed by atoms with Crippen LogP contribution in [0.5, 0.6) is 0 Å². The summed E-state index contributed by atoms with van der Waals surface area (Å²) in [6, 6.07) is 18.3. The number of benzene rings is 2. The maximum Gasteiger partial charge on any atom is 0.186 e. The molecule has 5 rings (SSSR count). The Labute approximate surface area is 199 Å². The largest absolute Gasteiger partial charge is 0.289 e. The summed E-state index contributed by atoms with van der Waals surface area (Å²) < 4.78 is 1.24. The van der Waals surface area contributed by atoms with E-state index in [0.717, 1.165) is 39.4 Å². The normalized spacial score (nSPS) is 20.3. The second kappa shape index (κ2) is 7.74. The molecule has 0 N–H and O–H groups in total. The van der Waals surface area contributed by atoms with Crippen LogP contribution in [-0.2, 0) is 11.2 Å². The van der Waals surface area contributed by atoms with Gasteiger partial charge in [0, 0.05) is 21.4 Å². The van der Waals surface area contributed by atoms with E-state index in [2.05, 4.69) is 70.1 Å². The number of ketones is 1. The molecule has 0 saturated carbocycles. The van der Waals surface area contributed by atoms with Crippen LogP contribution in [0.2, 0.25) is 0 Å². The molecule has 33 heavy (non-hydrogen) atoms. The molecule has 0 saturated heterocycles. The van der Waals surface area contributed by atoms with Crippen molar-refractivity contribution in [3.8, 4) is 0 Å². The molecule has 166 valence electrons. The van der Waals surface area contributed by atoms with Crippen molar-refractivity contribution in [2.24, 2.45) is 21.1 Å². The van der Waals surface area contributed by atoms with Gasteiger partial charge in [0.1, 0.15) is 5.70 Å². The van der Waals surface area contributed by atoms with Crippen LogP contribution < -0.4 is 0 Å². The fraction of sp³-hybridized carbons (Fsp3) is 0.276. The Hall–Kier alpha value is -3.11. The lowest BCUT2D eigenvalue weighted by atomic mass is 9.68. The molecule has 1 heterocycles. The zero-order valence-electron chi connectivity index (χ0n) is 19.8. The number of thiophene rings is 1. The first-order valence-corrected chi connectivity index (χ1v) is 12.2. The third kappa shape index (κ3) is 3.83. The van der Waals surface area contributed by atoms with Gasteiger partial charge >= 0.3 is 0 Å². The van der Waals surface area contributed by atoms with Gasteiger partial charge in [-0.25, -0.2) is 0 Å². The molecular weight excluding hydrogens is 424 g/mol. The van der Waals surface area contributed by atoms with Crippen molar-refractivity contribution < 1.29 is 4.79 Å². The second-order valence-corrected chi connectivity index (χ2v) is 11.6. The number of carbonyl (C=O) groups excluding carboxylic acids is 1. The molecular formula is C29H28N2OS. The second-order valence-electron chi connectivity index (χ2n) is 10.5. The van der Waals surface area contributed by atoms with Crippen LogP contribution in [-0.4, -0.2) is 5.78 Å². The summed E-state index contributed by atoms with van der Waals surface area (Å²) in [5.74, 6) is 0.151. The number of carbonyl (C=O) groups is 1.